The van der Waals surface area contributed by atoms with Crippen molar-refractivity contribution in [3.05, 3.63) is 71.8 Å². The quantitative estimate of drug-likeness (QED) is 0.458. The molecule has 2 heterocycles. The average Bonchev–Trinajstić information content (AvgIpc) is 3.21. The summed E-state index contributed by atoms with van der Waals surface area (Å²) in [4.78, 5) is 12.0. The van der Waals surface area contributed by atoms with Gasteiger partial charge in [-0.25, -0.2) is 8.78 Å². The number of methoxy groups -OCH3 is 1. The van der Waals surface area contributed by atoms with Crippen LogP contribution in [-0.4, -0.2) is 46.0 Å². The Balaban J connectivity index is 1.42. The van der Waals surface area contributed by atoms with Gasteiger partial charge in [-0.2, -0.15) is 4.52 Å². The van der Waals surface area contributed by atoms with E-state index in [0.29, 0.717) is 23.1 Å². The Hall–Kier alpha value is -4.08. The maximum absolute atomic E-state index is 13.2. The molecule has 0 fully saturated rings. The normalized spacial score (nSPS) is 10.8. The van der Waals surface area contributed by atoms with Gasteiger partial charge in [-0.05, 0) is 36.4 Å². The standard InChI is InChI=1S/C21H17F2N5O3/c1-30-17-5-3-2-4-14(17)20-26-25-18-8-9-19(27-28(18)20)31-11-10-24-21(29)13-6-7-15(22)16(23)12-13/h2-9,12H,10-11H2,1H3,(H,24,29). The number of aromatic nitrogens is 4. The number of nitrogens with zero attached hydrogens (tertiary/aromatic N) is 4. The number of hydrogen-bond acceptors (Lipinski definition) is 6. The lowest BCUT2D eigenvalue weighted by molar-refractivity contribution is 0.0946. The summed E-state index contributed by atoms with van der Waals surface area (Å²) in [5.41, 5.74) is 1.27. The van der Waals surface area contributed by atoms with Gasteiger partial charge in [0.05, 0.1) is 19.2 Å². The van der Waals surface area contributed by atoms with E-state index in [9.17, 15) is 13.6 Å². The number of amides is 1. The summed E-state index contributed by atoms with van der Waals surface area (Å²) in [6.07, 6.45) is 0. The maximum Gasteiger partial charge on any atom is 0.251 e. The molecule has 158 valence electrons. The number of hydrogen-bond donors (Lipinski definition) is 1. The monoisotopic (exact) mass is 425 g/mol. The van der Waals surface area contributed by atoms with Gasteiger partial charge in [-0.1, -0.05) is 12.1 Å². The Labute approximate surface area is 175 Å². The molecule has 0 unspecified atom stereocenters. The van der Waals surface area contributed by atoms with Crippen LogP contribution in [0.25, 0.3) is 17.0 Å². The minimum absolute atomic E-state index is 0.0179. The second-order valence-corrected chi connectivity index (χ2v) is 6.40. The zero-order valence-corrected chi connectivity index (χ0v) is 16.4. The van der Waals surface area contributed by atoms with E-state index in [4.69, 9.17) is 9.47 Å². The van der Waals surface area contributed by atoms with Crippen LogP contribution < -0.4 is 14.8 Å². The number of benzene rings is 2. The van der Waals surface area contributed by atoms with Crippen molar-refractivity contribution in [3.8, 4) is 23.0 Å². The van der Waals surface area contributed by atoms with E-state index in [2.05, 4.69) is 20.6 Å². The average molecular weight is 425 g/mol. The Morgan fingerprint density at radius 2 is 1.90 bits per heavy atom. The molecule has 0 aliphatic rings. The van der Waals surface area contributed by atoms with E-state index in [0.717, 1.165) is 17.7 Å². The number of rotatable bonds is 7. The third-order valence-electron chi connectivity index (χ3n) is 4.41. The molecule has 10 heteroatoms. The number of halogens is 2. The second kappa shape index (κ2) is 8.74. The molecule has 0 saturated carbocycles. The van der Waals surface area contributed by atoms with Gasteiger partial charge in [0.15, 0.2) is 23.1 Å². The largest absolute Gasteiger partial charge is 0.496 e. The molecule has 4 rings (SSSR count). The summed E-state index contributed by atoms with van der Waals surface area (Å²) in [6.45, 7) is 0.249. The molecule has 0 aliphatic carbocycles. The Kier molecular flexibility index (Phi) is 5.69. The first kappa shape index (κ1) is 20.2. The first-order valence-electron chi connectivity index (χ1n) is 9.28. The van der Waals surface area contributed by atoms with E-state index >= 15 is 0 Å². The van der Waals surface area contributed by atoms with E-state index in [1.165, 1.54) is 10.6 Å². The highest BCUT2D eigenvalue weighted by Crippen LogP contribution is 2.28. The minimum atomic E-state index is -1.08. The van der Waals surface area contributed by atoms with Crippen LogP contribution >= 0.6 is 0 Å². The Bertz CT molecular complexity index is 1240. The summed E-state index contributed by atoms with van der Waals surface area (Å²) in [7, 11) is 1.57. The molecule has 1 N–H and O–H groups in total. The van der Waals surface area contributed by atoms with Gasteiger partial charge in [0.1, 0.15) is 12.4 Å². The van der Waals surface area contributed by atoms with E-state index < -0.39 is 17.5 Å². The Morgan fingerprint density at radius 3 is 2.71 bits per heavy atom. The predicted octanol–water partition coefficient (Wildman–Crippen LogP) is 2.89. The highest BCUT2D eigenvalue weighted by molar-refractivity contribution is 5.94. The second-order valence-electron chi connectivity index (χ2n) is 6.40. The van der Waals surface area contributed by atoms with Crippen LogP contribution in [-0.2, 0) is 0 Å². The summed E-state index contributed by atoms with van der Waals surface area (Å²) in [6, 6.07) is 13.6. The van der Waals surface area contributed by atoms with E-state index in [1.807, 2.05) is 24.3 Å². The lowest BCUT2D eigenvalue weighted by atomic mass is 10.2. The van der Waals surface area contributed by atoms with Crippen molar-refractivity contribution >= 4 is 11.6 Å². The smallest absolute Gasteiger partial charge is 0.251 e. The van der Waals surface area contributed by atoms with Crippen molar-refractivity contribution in [2.24, 2.45) is 0 Å². The molecule has 0 aliphatic heterocycles. The fourth-order valence-electron chi connectivity index (χ4n) is 2.91. The number of nitrogens with one attached hydrogen (secondary N) is 1. The highest BCUT2D eigenvalue weighted by atomic mass is 19.2. The van der Waals surface area contributed by atoms with Crippen molar-refractivity contribution in [3.63, 3.8) is 0 Å². The summed E-state index contributed by atoms with van der Waals surface area (Å²) in [5.74, 6) is -1.22. The maximum atomic E-state index is 13.2. The van der Waals surface area contributed by atoms with Crippen LogP contribution in [0, 0.1) is 11.6 Å². The van der Waals surface area contributed by atoms with Crippen LogP contribution in [0.2, 0.25) is 0 Å². The molecule has 8 nitrogen and oxygen atoms in total. The fraction of sp³-hybridized carbons (Fsp3) is 0.143. The zero-order valence-electron chi connectivity index (χ0n) is 16.4. The number of ether oxygens (including phenoxy) is 2. The predicted molar refractivity (Wildman–Crippen MR) is 107 cm³/mol. The molecular formula is C21H17F2N5O3. The van der Waals surface area contributed by atoms with E-state index in [1.54, 1.807) is 19.2 Å². The minimum Gasteiger partial charge on any atom is -0.496 e. The summed E-state index contributed by atoms with van der Waals surface area (Å²) >= 11 is 0. The number of carbonyl (C=O) groups excluding carboxylic acids is 1. The van der Waals surface area contributed by atoms with Crippen LogP contribution in [0.4, 0.5) is 8.78 Å². The molecule has 0 radical (unpaired) electrons. The van der Waals surface area contributed by atoms with Gasteiger partial charge in [-0.15, -0.1) is 15.3 Å². The molecule has 1 amide bonds. The lowest BCUT2D eigenvalue weighted by Gasteiger charge is -2.09. The lowest BCUT2D eigenvalue weighted by Crippen LogP contribution is -2.28. The molecule has 31 heavy (non-hydrogen) atoms. The first-order valence-corrected chi connectivity index (χ1v) is 9.28. The SMILES string of the molecule is COc1ccccc1-c1nnc2ccc(OCCNC(=O)c3ccc(F)c(F)c3)nn12. The van der Waals surface area contributed by atoms with Crippen molar-refractivity contribution < 1.29 is 23.0 Å². The summed E-state index contributed by atoms with van der Waals surface area (Å²) in [5, 5.41) is 15.2. The fourth-order valence-corrected chi connectivity index (χ4v) is 2.91. The molecular weight excluding hydrogens is 408 g/mol. The Morgan fingerprint density at radius 1 is 1.06 bits per heavy atom. The van der Waals surface area contributed by atoms with Gasteiger partial charge in [0.25, 0.3) is 5.91 Å². The van der Waals surface area contributed by atoms with Crippen LogP contribution in [0.1, 0.15) is 10.4 Å². The van der Waals surface area contributed by atoms with Crippen molar-refractivity contribution in [2.45, 2.75) is 0 Å². The molecule has 0 spiro atoms. The summed E-state index contributed by atoms with van der Waals surface area (Å²) < 4.78 is 38.7. The van der Waals surface area contributed by atoms with Crippen LogP contribution in [0.15, 0.2) is 54.6 Å². The van der Waals surface area contributed by atoms with Crippen LogP contribution in [0.5, 0.6) is 11.6 Å². The molecule has 0 bridgehead atoms. The highest BCUT2D eigenvalue weighted by Gasteiger charge is 2.14. The number of para-hydroxylation sites is 1. The van der Waals surface area contributed by atoms with E-state index in [-0.39, 0.29) is 18.7 Å². The van der Waals surface area contributed by atoms with Gasteiger partial charge in [0.2, 0.25) is 5.88 Å². The number of fused-ring (bicyclic) bond motifs is 1. The van der Waals surface area contributed by atoms with Gasteiger partial charge in [-0.3, -0.25) is 4.79 Å². The number of carbonyl (C=O) groups is 1. The third-order valence-corrected chi connectivity index (χ3v) is 4.41. The van der Waals surface area contributed by atoms with Crippen molar-refractivity contribution in [1.29, 1.82) is 0 Å². The first-order chi connectivity index (χ1) is 15.1. The molecule has 4 aromatic rings. The van der Waals surface area contributed by atoms with Crippen LogP contribution in [0.3, 0.4) is 0 Å². The molecule has 0 atom stereocenters. The van der Waals surface area contributed by atoms with Crippen molar-refractivity contribution in [2.75, 3.05) is 20.3 Å². The van der Waals surface area contributed by atoms with Crippen molar-refractivity contribution in [1.82, 2.24) is 25.1 Å². The molecule has 2 aromatic carbocycles. The van der Waals surface area contributed by atoms with Gasteiger partial charge < -0.3 is 14.8 Å². The zero-order chi connectivity index (χ0) is 21.8. The molecule has 0 saturated heterocycles. The third kappa shape index (κ3) is 4.27. The van der Waals surface area contributed by atoms with Gasteiger partial charge in [0, 0.05) is 11.6 Å². The van der Waals surface area contributed by atoms with Gasteiger partial charge >= 0.3 is 0 Å². The topological polar surface area (TPSA) is 90.6 Å². The molecule has 2 aromatic heterocycles.